The summed E-state index contributed by atoms with van der Waals surface area (Å²) in [4.78, 5) is 23.5. The van der Waals surface area contributed by atoms with Crippen LogP contribution in [0, 0.1) is 0 Å². The summed E-state index contributed by atoms with van der Waals surface area (Å²) in [5.74, 6) is 1.32. The van der Waals surface area contributed by atoms with Crippen molar-refractivity contribution < 1.29 is 9.84 Å². The molecular formula is C28H33ClN8O2. The summed E-state index contributed by atoms with van der Waals surface area (Å²) in [5.41, 5.74) is 5.32. The molecule has 2 saturated heterocycles. The first-order chi connectivity index (χ1) is 19.0. The van der Waals surface area contributed by atoms with Gasteiger partial charge in [0.05, 0.1) is 42.5 Å². The minimum Gasteiger partial charge on any atom is -0.495 e. The van der Waals surface area contributed by atoms with E-state index in [1.807, 2.05) is 29.2 Å². The average Bonchev–Trinajstić information content (AvgIpc) is 3.41. The normalized spacial score (nSPS) is 16.8. The number of aromatic nitrogens is 4. The first kappa shape index (κ1) is 25.7. The number of piperazine rings is 2. The van der Waals surface area contributed by atoms with Gasteiger partial charge in [-0.25, -0.2) is 15.0 Å². The largest absolute Gasteiger partial charge is 0.495 e. The van der Waals surface area contributed by atoms with E-state index in [1.165, 1.54) is 0 Å². The van der Waals surface area contributed by atoms with Gasteiger partial charge >= 0.3 is 0 Å². The molecule has 2 aliphatic rings. The molecule has 0 radical (unpaired) electrons. The minimum absolute atomic E-state index is 0.130. The Morgan fingerprint density at radius 2 is 1.56 bits per heavy atom. The molecule has 0 amide bonds. The first-order valence-electron chi connectivity index (χ1n) is 13.2. The van der Waals surface area contributed by atoms with Crippen LogP contribution in [-0.4, -0.2) is 95.9 Å². The molecule has 4 aromatic rings. The highest BCUT2D eigenvalue weighted by Gasteiger charge is 2.21. The van der Waals surface area contributed by atoms with Crippen molar-refractivity contribution in [3.05, 3.63) is 59.6 Å². The number of aliphatic hydroxyl groups is 1. The van der Waals surface area contributed by atoms with E-state index in [0.29, 0.717) is 10.8 Å². The lowest BCUT2D eigenvalue weighted by atomic mass is 10.1. The summed E-state index contributed by atoms with van der Waals surface area (Å²) >= 11 is 6.37. The standard InChI is InChI=1S/C28H33ClN8O2/c1-33-5-7-35(8-6-33)22-16-30-28(31-17-22)36-11-9-34(10-12-36)21-3-4-37-18-25(32-27(37)14-21)23-15-24(29)26(39-2)13-20(23)19-38/h3-4,13-18,38H,5-12,19H2,1-2H3. The lowest BCUT2D eigenvalue weighted by Crippen LogP contribution is -2.47. The van der Waals surface area contributed by atoms with E-state index < -0.39 is 0 Å². The Kier molecular flexibility index (Phi) is 7.16. The zero-order valence-corrected chi connectivity index (χ0v) is 23.0. The van der Waals surface area contributed by atoms with Gasteiger partial charge in [0.2, 0.25) is 5.95 Å². The fourth-order valence-corrected chi connectivity index (χ4v) is 5.53. The van der Waals surface area contributed by atoms with Crippen LogP contribution in [0.3, 0.4) is 0 Å². The fraction of sp³-hybridized carbons (Fsp3) is 0.393. The Balaban J connectivity index is 1.13. The molecule has 0 aliphatic carbocycles. The van der Waals surface area contributed by atoms with Crippen LogP contribution in [0.5, 0.6) is 5.75 Å². The maximum absolute atomic E-state index is 9.91. The number of benzene rings is 1. The van der Waals surface area contributed by atoms with Crippen LogP contribution in [0.2, 0.25) is 5.02 Å². The smallest absolute Gasteiger partial charge is 0.225 e. The van der Waals surface area contributed by atoms with E-state index in [1.54, 1.807) is 19.2 Å². The van der Waals surface area contributed by atoms with Crippen LogP contribution in [0.1, 0.15) is 5.56 Å². The van der Waals surface area contributed by atoms with Crippen molar-refractivity contribution in [1.29, 1.82) is 0 Å². The van der Waals surface area contributed by atoms with Crippen LogP contribution < -0.4 is 19.4 Å². The van der Waals surface area contributed by atoms with Crippen molar-refractivity contribution in [3.63, 3.8) is 0 Å². The molecule has 0 bridgehead atoms. The van der Waals surface area contributed by atoms with Gasteiger partial charge in [-0.05, 0) is 30.8 Å². The number of likely N-dealkylation sites (N-methyl/N-ethyl adjacent to an activating group) is 1. The molecule has 1 aromatic carbocycles. The summed E-state index contributed by atoms with van der Waals surface area (Å²) in [5, 5.41) is 10.4. The number of nitrogens with zero attached hydrogens (tertiary/aromatic N) is 8. The lowest BCUT2D eigenvalue weighted by molar-refractivity contribution is 0.281. The number of pyridine rings is 1. The zero-order chi connectivity index (χ0) is 26.9. The number of hydrogen-bond acceptors (Lipinski definition) is 9. The van der Waals surface area contributed by atoms with Crippen LogP contribution >= 0.6 is 11.6 Å². The predicted molar refractivity (Wildman–Crippen MR) is 154 cm³/mol. The van der Waals surface area contributed by atoms with Gasteiger partial charge in [0, 0.05) is 82.1 Å². The molecule has 0 unspecified atom stereocenters. The molecule has 1 N–H and O–H groups in total. The second-order valence-corrected chi connectivity index (χ2v) is 10.5. The number of anilines is 3. The predicted octanol–water partition coefficient (Wildman–Crippen LogP) is 3.02. The van der Waals surface area contributed by atoms with E-state index >= 15 is 0 Å². The van der Waals surface area contributed by atoms with Crippen LogP contribution in [0.4, 0.5) is 17.3 Å². The third-order valence-electron chi connectivity index (χ3n) is 7.69. The Morgan fingerprint density at radius 3 is 2.26 bits per heavy atom. The summed E-state index contributed by atoms with van der Waals surface area (Å²) in [6.45, 7) is 7.46. The Labute approximate surface area is 233 Å². The molecule has 5 heterocycles. The third-order valence-corrected chi connectivity index (χ3v) is 7.98. The van der Waals surface area contributed by atoms with E-state index in [0.717, 1.165) is 92.1 Å². The molecule has 39 heavy (non-hydrogen) atoms. The van der Waals surface area contributed by atoms with E-state index in [9.17, 15) is 5.11 Å². The Hall–Kier alpha value is -3.60. The minimum atomic E-state index is -0.130. The Bertz CT molecular complexity index is 1440. The average molecular weight is 549 g/mol. The highest BCUT2D eigenvalue weighted by Crippen LogP contribution is 2.34. The molecule has 3 aromatic heterocycles. The van der Waals surface area contributed by atoms with E-state index in [-0.39, 0.29) is 6.61 Å². The summed E-state index contributed by atoms with van der Waals surface area (Å²) < 4.78 is 7.29. The van der Waals surface area contributed by atoms with Gasteiger partial charge in [0.1, 0.15) is 11.4 Å². The quantitative estimate of drug-likeness (QED) is 0.391. The molecular weight excluding hydrogens is 516 g/mol. The number of rotatable bonds is 6. The Morgan fingerprint density at radius 1 is 0.897 bits per heavy atom. The van der Waals surface area contributed by atoms with Gasteiger partial charge in [-0.15, -0.1) is 0 Å². The maximum atomic E-state index is 9.91. The monoisotopic (exact) mass is 548 g/mol. The zero-order valence-electron chi connectivity index (χ0n) is 22.3. The second kappa shape index (κ2) is 10.9. The van der Waals surface area contributed by atoms with E-state index in [2.05, 4.69) is 38.8 Å². The molecule has 0 saturated carbocycles. The summed E-state index contributed by atoms with van der Waals surface area (Å²) in [6.07, 6.45) is 7.90. The number of aliphatic hydroxyl groups excluding tert-OH is 1. The van der Waals surface area contributed by atoms with Crippen molar-refractivity contribution in [3.8, 4) is 17.0 Å². The summed E-state index contributed by atoms with van der Waals surface area (Å²) in [6, 6.07) is 7.78. The number of halogens is 1. The number of ether oxygens (including phenoxy) is 1. The first-order valence-corrected chi connectivity index (χ1v) is 13.6. The van der Waals surface area contributed by atoms with Gasteiger partial charge in [-0.3, -0.25) is 0 Å². The third kappa shape index (κ3) is 5.19. The SMILES string of the molecule is COc1cc(CO)c(-c2cn3ccc(N4CCN(c5ncc(N6CCN(C)CC6)cn5)CC4)cc3n2)cc1Cl. The maximum Gasteiger partial charge on any atom is 0.225 e. The van der Waals surface area contributed by atoms with Crippen LogP contribution in [0.15, 0.2) is 49.1 Å². The highest BCUT2D eigenvalue weighted by atomic mass is 35.5. The van der Waals surface area contributed by atoms with Gasteiger partial charge in [-0.2, -0.15) is 0 Å². The highest BCUT2D eigenvalue weighted by molar-refractivity contribution is 6.32. The molecule has 0 spiro atoms. The molecule has 2 aliphatic heterocycles. The lowest BCUT2D eigenvalue weighted by Gasteiger charge is -2.36. The van der Waals surface area contributed by atoms with E-state index in [4.69, 9.17) is 31.3 Å². The number of imidazole rings is 1. The molecule has 6 rings (SSSR count). The number of hydrogen-bond donors (Lipinski definition) is 1. The second-order valence-electron chi connectivity index (χ2n) is 10.1. The topological polar surface area (TPSA) is 85.5 Å². The van der Waals surface area contributed by atoms with Gasteiger partial charge < -0.3 is 33.8 Å². The van der Waals surface area contributed by atoms with Crippen LogP contribution in [-0.2, 0) is 6.61 Å². The van der Waals surface area contributed by atoms with Gasteiger partial charge in [0.25, 0.3) is 0 Å². The summed E-state index contributed by atoms with van der Waals surface area (Å²) in [7, 11) is 3.72. The van der Waals surface area contributed by atoms with Crippen molar-refractivity contribution in [2.75, 3.05) is 81.2 Å². The van der Waals surface area contributed by atoms with Crippen molar-refractivity contribution in [2.45, 2.75) is 6.61 Å². The number of methoxy groups -OCH3 is 1. The van der Waals surface area contributed by atoms with Crippen LogP contribution in [0.25, 0.3) is 16.9 Å². The van der Waals surface area contributed by atoms with Crippen molar-refractivity contribution >= 4 is 34.6 Å². The molecule has 10 nitrogen and oxygen atoms in total. The van der Waals surface area contributed by atoms with Crippen molar-refractivity contribution in [2.24, 2.45) is 0 Å². The molecule has 0 atom stereocenters. The van der Waals surface area contributed by atoms with Crippen molar-refractivity contribution in [1.82, 2.24) is 24.3 Å². The van der Waals surface area contributed by atoms with Gasteiger partial charge in [-0.1, -0.05) is 11.6 Å². The fourth-order valence-electron chi connectivity index (χ4n) is 5.29. The van der Waals surface area contributed by atoms with Gasteiger partial charge in [0.15, 0.2) is 0 Å². The number of fused-ring (bicyclic) bond motifs is 1. The molecule has 11 heteroatoms. The molecule has 204 valence electrons. The molecule has 2 fully saturated rings.